The third-order valence-corrected chi connectivity index (χ3v) is 5.95. The number of aryl methyl sites for hydroxylation is 2. The molecule has 0 spiro atoms. The van der Waals surface area contributed by atoms with Crippen molar-refractivity contribution in [1.29, 1.82) is 0 Å². The van der Waals surface area contributed by atoms with E-state index in [1.165, 1.54) is 17.8 Å². The van der Waals surface area contributed by atoms with Crippen LogP contribution in [0.4, 0.5) is 10.8 Å². The molecule has 0 saturated carbocycles. The summed E-state index contributed by atoms with van der Waals surface area (Å²) < 4.78 is 0. The van der Waals surface area contributed by atoms with Gasteiger partial charge in [0.1, 0.15) is 5.01 Å². The first-order valence-corrected chi connectivity index (χ1v) is 10.3. The number of aromatic nitrogens is 2. The van der Waals surface area contributed by atoms with Crippen molar-refractivity contribution < 1.29 is 9.59 Å². The first-order chi connectivity index (χ1) is 13.0. The number of amides is 2. The molecule has 6 nitrogen and oxygen atoms in total. The summed E-state index contributed by atoms with van der Waals surface area (Å²) in [6.07, 6.45) is 4.53. The molecule has 1 aliphatic rings. The highest BCUT2D eigenvalue weighted by atomic mass is 32.1. The average molecular weight is 387 g/mol. The molecule has 144 valence electrons. The molecule has 1 fully saturated rings. The first-order valence-electron chi connectivity index (χ1n) is 9.49. The summed E-state index contributed by atoms with van der Waals surface area (Å²) in [7, 11) is 0. The second-order valence-corrected chi connectivity index (χ2v) is 8.13. The van der Waals surface area contributed by atoms with Crippen LogP contribution in [0.5, 0.6) is 0 Å². The third-order valence-electron chi connectivity index (χ3n) is 5.05. The Morgan fingerprint density at radius 1 is 1.30 bits per heavy atom. The van der Waals surface area contributed by atoms with E-state index < -0.39 is 0 Å². The van der Waals surface area contributed by atoms with E-state index in [0.717, 1.165) is 41.1 Å². The molecule has 1 aliphatic heterocycles. The Bertz CT molecular complexity index is 833. The molecular weight excluding hydrogens is 360 g/mol. The van der Waals surface area contributed by atoms with Gasteiger partial charge in [0.15, 0.2) is 0 Å². The molecule has 1 saturated heterocycles. The second kappa shape index (κ2) is 8.61. The summed E-state index contributed by atoms with van der Waals surface area (Å²) in [5.41, 5.74) is 3.11. The van der Waals surface area contributed by atoms with Gasteiger partial charge in [-0.15, -0.1) is 10.2 Å². The number of hydrogen-bond acceptors (Lipinski definition) is 5. The number of rotatable bonds is 7. The normalized spacial score (nSPS) is 16.8. The Hall–Kier alpha value is -2.28. The van der Waals surface area contributed by atoms with Gasteiger partial charge in [0.2, 0.25) is 16.9 Å². The Labute approximate surface area is 164 Å². The van der Waals surface area contributed by atoms with Crippen LogP contribution in [0.25, 0.3) is 0 Å². The number of nitrogens with one attached hydrogen (secondary N) is 1. The molecule has 27 heavy (non-hydrogen) atoms. The summed E-state index contributed by atoms with van der Waals surface area (Å²) in [5, 5.41) is 12.5. The Morgan fingerprint density at radius 3 is 2.89 bits per heavy atom. The van der Waals surface area contributed by atoms with Crippen LogP contribution in [0, 0.1) is 19.8 Å². The largest absolute Gasteiger partial charge is 0.311 e. The van der Waals surface area contributed by atoms with Gasteiger partial charge in [0, 0.05) is 25.1 Å². The van der Waals surface area contributed by atoms with Crippen LogP contribution < -0.4 is 10.2 Å². The molecule has 0 bridgehead atoms. The number of benzene rings is 1. The highest BCUT2D eigenvalue weighted by Crippen LogP contribution is 2.30. The fourth-order valence-corrected chi connectivity index (χ4v) is 4.07. The van der Waals surface area contributed by atoms with Crippen molar-refractivity contribution in [3.63, 3.8) is 0 Å². The molecule has 2 aromatic rings. The Kier molecular flexibility index (Phi) is 6.21. The van der Waals surface area contributed by atoms with E-state index in [-0.39, 0.29) is 24.2 Å². The molecule has 0 radical (unpaired) electrons. The van der Waals surface area contributed by atoms with Crippen LogP contribution in [0.15, 0.2) is 18.2 Å². The summed E-state index contributed by atoms with van der Waals surface area (Å²) in [6, 6.07) is 5.91. The molecule has 7 heteroatoms. The fourth-order valence-electron chi connectivity index (χ4n) is 3.28. The molecule has 1 atom stereocenters. The van der Waals surface area contributed by atoms with Gasteiger partial charge in [-0.05, 0) is 37.5 Å². The standard InChI is InChI=1S/C20H26N4O2S/c1-4-5-6-10-17-22-23-20(27-17)21-19(26)15-11-18(25)24(12-15)16-9-7-8-13(2)14(16)3/h7-9,15H,4-6,10-12H2,1-3H3,(H,21,23,26). The number of carbonyl (C=O) groups is 2. The Balaban J connectivity index is 1.61. The number of carbonyl (C=O) groups excluding carboxylic acids is 2. The number of anilines is 2. The number of unbranched alkanes of at least 4 members (excludes halogenated alkanes) is 2. The smallest absolute Gasteiger partial charge is 0.231 e. The van der Waals surface area contributed by atoms with Crippen LogP contribution in [0.2, 0.25) is 0 Å². The zero-order valence-electron chi connectivity index (χ0n) is 16.1. The van der Waals surface area contributed by atoms with Crippen LogP contribution in [0.3, 0.4) is 0 Å². The van der Waals surface area contributed by atoms with E-state index in [9.17, 15) is 9.59 Å². The molecule has 2 amide bonds. The van der Waals surface area contributed by atoms with Crippen LogP contribution in [0.1, 0.15) is 48.7 Å². The lowest BCUT2D eigenvalue weighted by molar-refractivity contribution is -0.122. The topological polar surface area (TPSA) is 75.2 Å². The highest BCUT2D eigenvalue weighted by Gasteiger charge is 2.36. The van der Waals surface area contributed by atoms with Gasteiger partial charge in [0.05, 0.1) is 5.92 Å². The number of hydrogen-bond donors (Lipinski definition) is 1. The fraction of sp³-hybridized carbons (Fsp3) is 0.500. The van der Waals surface area contributed by atoms with Crippen molar-refractivity contribution >= 4 is 34.0 Å². The molecule has 3 rings (SSSR count). The van der Waals surface area contributed by atoms with Crippen molar-refractivity contribution in [2.24, 2.45) is 5.92 Å². The SMILES string of the molecule is CCCCCc1nnc(NC(=O)C2CC(=O)N(c3cccc(C)c3C)C2)s1. The quantitative estimate of drug-likeness (QED) is 0.733. The van der Waals surface area contributed by atoms with Gasteiger partial charge in [-0.2, -0.15) is 0 Å². The molecule has 1 aromatic carbocycles. The van der Waals surface area contributed by atoms with Crippen LogP contribution >= 0.6 is 11.3 Å². The van der Waals surface area contributed by atoms with Gasteiger partial charge in [-0.1, -0.05) is 43.2 Å². The van der Waals surface area contributed by atoms with Crippen LogP contribution in [-0.2, 0) is 16.0 Å². The van der Waals surface area contributed by atoms with Crippen molar-refractivity contribution in [3.8, 4) is 0 Å². The second-order valence-electron chi connectivity index (χ2n) is 7.07. The Morgan fingerprint density at radius 2 is 2.11 bits per heavy atom. The van der Waals surface area contributed by atoms with Crippen molar-refractivity contribution in [3.05, 3.63) is 34.3 Å². The molecule has 1 unspecified atom stereocenters. The molecular formula is C20H26N4O2S. The first kappa shape index (κ1) is 19.5. The zero-order valence-corrected chi connectivity index (χ0v) is 16.9. The molecule has 1 aromatic heterocycles. The maximum atomic E-state index is 12.6. The lowest BCUT2D eigenvalue weighted by Crippen LogP contribution is -2.28. The van der Waals surface area contributed by atoms with E-state index in [4.69, 9.17) is 0 Å². The van der Waals surface area contributed by atoms with Gasteiger partial charge in [0.25, 0.3) is 0 Å². The van der Waals surface area contributed by atoms with Crippen LogP contribution in [-0.4, -0.2) is 28.6 Å². The predicted molar refractivity (Wildman–Crippen MR) is 108 cm³/mol. The van der Waals surface area contributed by atoms with Gasteiger partial charge < -0.3 is 10.2 Å². The summed E-state index contributed by atoms with van der Waals surface area (Å²) in [6.45, 7) is 6.59. The molecule has 0 aliphatic carbocycles. The monoisotopic (exact) mass is 386 g/mol. The van der Waals surface area contributed by atoms with E-state index in [0.29, 0.717) is 11.7 Å². The van der Waals surface area contributed by atoms with E-state index >= 15 is 0 Å². The van der Waals surface area contributed by atoms with Crippen molar-refractivity contribution in [2.45, 2.75) is 52.9 Å². The van der Waals surface area contributed by atoms with Gasteiger partial charge in [-0.3, -0.25) is 9.59 Å². The predicted octanol–water partition coefficient (Wildman–Crippen LogP) is 3.88. The lowest BCUT2D eigenvalue weighted by atomic mass is 10.1. The van der Waals surface area contributed by atoms with E-state index in [1.54, 1.807) is 4.90 Å². The summed E-state index contributed by atoms with van der Waals surface area (Å²) in [5.74, 6) is -0.543. The summed E-state index contributed by atoms with van der Waals surface area (Å²) in [4.78, 5) is 26.8. The minimum atomic E-state index is -0.371. The maximum Gasteiger partial charge on any atom is 0.231 e. The minimum Gasteiger partial charge on any atom is -0.311 e. The van der Waals surface area contributed by atoms with Gasteiger partial charge in [-0.25, -0.2) is 0 Å². The van der Waals surface area contributed by atoms with E-state index in [1.807, 2.05) is 32.0 Å². The average Bonchev–Trinajstić information content (AvgIpc) is 3.24. The molecule has 2 heterocycles. The summed E-state index contributed by atoms with van der Waals surface area (Å²) >= 11 is 1.42. The minimum absolute atomic E-state index is 0.0126. The van der Waals surface area contributed by atoms with E-state index in [2.05, 4.69) is 22.4 Å². The zero-order chi connectivity index (χ0) is 19.4. The van der Waals surface area contributed by atoms with Crippen molar-refractivity contribution in [2.75, 3.05) is 16.8 Å². The number of nitrogens with zero attached hydrogens (tertiary/aromatic N) is 3. The van der Waals surface area contributed by atoms with Gasteiger partial charge >= 0.3 is 0 Å². The lowest BCUT2D eigenvalue weighted by Gasteiger charge is -2.20. The van der Waals surface area contributed by atoms with Crippen molar-refractivity contribution in [1.82, 2.24) is 10.2 Å². The highest BCUT2D eigenvalue weighted by molar-refractivity contribution is 7.15. The third kappa shape index (κ3) is 4.53. The maximum absolute atomic E-state index is 12.6. The molecule has 1 N–H and O–H groups in total.